The first-order valence-electron chi connectivity index (χ1n) is 9.01. The van der Waals surface area contributed by atoms with Crippen molar-refractivity contribution in [3.05, 3.63) is 58.1 Å². The van der Waals surface area contributed by atoms with Gasteiger partial charge in [-0.15, -0.1) is 11.3 Å². The number of rotatable bonds is 5. The van der Waals surface area contributed by atoms with E-state index in [9.17, 15) is 0 Å². The van der Waals surface area contributed by atoms with E-state index in [2.05, 4.69) is 65.8 Å². The van der Waals surface area contributed by atoms with Crippen LogP contribution in [0.3, 0.4) is 0 Å². The van der Waals surface area contributed by atoms with E-state index in [1.165, 1.54) is 34.7 Å². The van der Waals surface area contributed by atoms with Gasteiger partial charge in [0, 0.05) is 18.4 Å². The highest BCUT2D eigenvalue weighted by Crippen LogP contribution is 2.24. The standard InChI is InChI=1S/C20H23N3OS/c1-14(2)15-7-9-16(10-8-15)20-21-19(24-22-20)13-23-11-3-5-17(23)18-6-4-12-25-18/h4,6-10,12,14,17H,3,5,11,13H2,1-2H3/p+1/t17-/m1/s1. The molecule has 3 aromatic rings. The minimum absolute atomic E-state index is 0.530. The van der Waals surface area contributed by atoms with E-state index in [0.717, 1.165) is 18.0 Å². The van der Waals surface area contributed by atoms with Crippen LogP contribution in [-0.4, -0.2) is 16.7 Å². The van der Waals surface area contributed by atoms with Crippen LogP contribution in [0, 0.1) is 0 Å². The van der Waals surface area contributed by atoms with Gasteiger partial charge >= 0.3 is 0 Å². The van der Waals surface area contributed by atoms with Crippen molar-refractivity contribution in [1.82, 2.24) is 10.1 Å². The molecule has 1 fully saturated rings. The lowest BCUT2D eigenvalue weighted by molar-refractivity contribution is -0.932. The fraction of sp³-hybridized carbons (Fsp3) is 0.400. The molecule has 1 aromatic carbocycles. The third kappa shape index (κ3) is 3.53. The normalized spacial score (nSPS) is 20.4. The second-order valence-electron chi connectivity index (χ2n) is 7.08. The molecule has 25 heavy (non-hydrogen) atoms. The van der Waals surface area contributed by atoms with Gasteiger partial charge in [0.1, 0.15) is 6.04 Å². The van der Waals surface area contributed by atoms with Gasteiger partial charge in [-0.2, -0.15) is 4.98 Å². The number of benzene rings is 1. The summed E-state index contributed by atoms with van der Waals surface area (Å²) in [6.45, 7) is 6.37. The fourth-order valence-electron chi connectivity index (χ4n) is 3.61. The summed E-state index contributed by atoms with van der Waals surface area (Å²) in [5.41, 5.74) is 2.35. The first kappa shape index (κ1) is 16.5. The number of nitrogens with one attached hydrogen (secondary N) is 1. The molecule has 1 N–H and O–H groups in total. The van der Waals surface area contributed by atoms with Crippen molar-refractivity contribution in [1.29, 1.82) is 0 Å². The van der Waals surface area contributed by atoms with Crippen LogP contribution >= 0.6 is 11.3 Å². The minimum Gasteiger partial charge on any atom is -0.333 e. The molecule has 1 saturated heterocycles. The zero-order chi connectivity index (χ0) is 17.2. The maximum absolute atomic E-state index is 5.55. The molecule has 0 amide bonds. The lowest BCUT2D eigenvalue weighted by Crippen LogP contribution is -3.08. The molecule has 0 aliphatic carbocycles. The molecular formula is C20H24N3OS+. The molecule has 0 saturated carbocycles. The van der Waals surface area contributed by atoms with E-state index in [0.29, 0.717) is 17.8 Å². The van der Waals surface area contributed by atoms with Gasteiger partial charge in [-0.3, -0.25) is 0 Å². The molecule has 4 nitrogen and oxygen atoms in total. The summed E-state index contributed by atoms with van der Waals surface area (Å²) in [6, 6.07) is 13.4. The summed E-state index contributed by atoms with van der Waals surface area (Å²) in [7, 11) is 0. The number of hydrogen-bond acceptors (Lipinski definition) is 4. The van der Waals surface area contributed by atoms with E-state index < -0.39 is 0 Å². The number of aromatic nitrogens is 2. The van der Waals surface area contributed by atoms with Crippen LogP contribution in [0.25, 0.3) is 11.4 Å². The predicted octanol–water partition coefficient (Wildman–Crippen LogP) is 3.84. The highest BCUT2D eigenvalue weighted by atomic mass is 32.1. The Labute approximate surface area is 152 Å². The zero-order valence-electron chi connectivity index (χ0n) is 14.7. The summed E-state index contributed by atoms with van der Waals surface area (Å²) in [4.78, 5) is 7.64. The molecule has 5 heteroatoms. The molecule has 1 aliphatic rings. The minimum atomic E-state index is 0.530. The van der Waals surface area contributed by atoms with Crippen molar-refractivity contribution in [2.75, 3.05) is 6.54 Å². The van der Waals surface area contributed by atoms with Gasteiger partial charge in [0.05, 0.1) is 11.4 Å². The van der Waals surface area contributed by atoms with Crippen molar-refractivity contribution in [2.24, 2.45) is 0 Å². The Morgan fingerprint density at radius 1 is 1.24 bits per heavy atom. The summed E-state index contributed by atoms with van der Waals surface area (Å²) >= 11 is 1.85. The lowest BCUT2D eigenvalue weighted by Gasteiger charge is -2.18. The molecule has 2 atom stereocenters. The average Bonchev–Trinajstić information content (AvgIpc) is 3.37. The van der Waals surface area contributed by atoms with Gasteiger partial charge in [-0.1, -0.05) is 49.3 Å². The van der Waals surface area contributed by atoms with E-state index in [1.807, 2.05) is 11.3 Å². The van der Waals surface area contributed by atoms with Crippen LogP contribution in [0.5, 0.6) is 0 Å². The highest BCUT2D eigenvalue weighted by Gasteiger charge is 2.32. The summed E-state index contributed by atoms with van der Waals surface area (Å²) in [5.74, 6) is 1.96. The molecule has 130 valence electrons. The second kappa shape index (κ2) is 7.10. The van der Waals surface area contributed by atoms with Crippen LogP contribution in [0.4, 0.5) is 0 Å². The van der Waals surface area contributed by atoms with Crippen LogP contribution < -0.4 is 4.90 Å². The Hall–Kier alpha value is -1.98. The quantitative estimate of drug-likeness (QED) is 0.757. The van der Waals surface area contributed by atoms with Gasteiger partial charge in [0.2, 0.25) is 5.82 Å². The Morgan fingerprint density at radius 3 is 2.80 bits per heavy atom. The maximum Gasteiger partial charge on any atom is 0.282 e. The first-order valence-corrected chi connectivity index (χ1v) is 9.89. The van der Waals surface area contributed by atoms with Crippen LogP contribution in [-0.2, 0) is 6.54 Å². The second-order valence-corrected chi connectivity index (χ2v) is 8.06. The SMILES string of the molecule is CC(C)c1ccc(-c2noc(C[NH+]3CCC[C@@H]3c3cccs3)n2)cc1. The Bertz CT molecular complexity index is 808. The number of nitrogens with zero attached hydrogens (tertiary/aromatic N) is 2. The summed E-state index contributed by atoms with van der Waals surface area (Å²) < 4.78 is 5.55. The van der Waals surface area contributed by atoms with Crippen LogP contribution in [0.1, 0.15) is 55.0 Å². The molecular weight excluding hydrogens is 330 g/mol. The van der Waals surface area contributed by atoms with Crippen LogP contribution in [0.15, 0.2) is 46.3 Å². The average molecular weight is 354 g/mol. The number of quaternary nitrogens is 1. The third-order valence-electron chi connectivity index (χ3n) is 5.05. The van der Waals surface area contributed by atoms with Crippen molar-refractivity contribution >= 4 is 11.3 Å². The van der Waals surface area contributed by atoms with Gasteiger partial charge in [-0.05, 0) is 22.9 Å². The van der Waals surface area contributed by atoms with E-state index >= 15 is 0 Å². The smallest absolute Gasteiger partial charge is 0.282 e. The fourth-order valence-corrected chi connectivity index (χ4v) is 4.53. The van der Waals surface area contributed by atoms with Crippen molar-refractivity contribution < 1.29 is 9.42 Å². The van der Waals surface area contributed by atoms with Gasteiger partial charge in [0.25, 0.3) is 5.89 Å². The van der Waals surface area contributed by atoms with Gasteiger partial charge in [0.15, 0.2) is 6.54 Å². The van der Waals surface area contributed by atoms with Crippen molar-refractivity contribution in [2.45, 2.75) is 45.2 Å². The molecule has 3 heterocycles. The molecule has 1 aliphatic heterocycles. The van der Waals surface area contributed by atoms with Crippen molar-refractivity contribution in [3.63, 3.8) is 0 Å². The van der Waals surface area contributed by atoms with Crippen LogP contribution in [0.2, 0.25) is 0 Å². The molecule has 1 unspecified atom stereocenters. The number of thiophene rings is 1. The lowest BCUT2D eigenvalue weighted by atomic mass is 10.0. The van der Waals surface area contributed by atoms with E-state index in [-0.39, 0.29) is 0 Å². The molecule has 2 aromatic heterocycles. The predicted molar refractivity (Wildman–Crippen MR) is 99.7 cm³/mol. The van der Waals surface area contributed by atoms with Gasteiger partial charge in [-0.25, -0.2) is 0 Å². The Balaban J connectivity index is 1.48. The van der Waals surface area contributed by atoms with Gasteiger partial charge < -0.3 is 9.42 Å². The molecule has 0 spiro atoms. The monoisotopic (exact) mass is 354 g/mol. The largest absolute Gasteiger partial charge is 0.333 e. The highest BCUT2D eigenvalue weighted by molar-refractivity contribution is 7.10. The molecule has 4 rings (SSSR count). The maximum atomic E-state index is 5.55. The first-order chi connectivity index (χ1) is 12.2. The molecule has 0 bridgehead atoms. The Kier molecular flexibility index (Phi) is 4.68. The Morgan fingerprint density at radius 2 is 2.08 bits per heavy atom. The van der Waals surface area contributed by atoms with E-state index in [4.69, 9.17) is 4.52 Å². The third-order valence-corrected chi connectivity index (χ3v) is 6.04. The van der Waals surface area contributed by atoms with E-state index in [1.54, 1.807) is 0 Å². The topological polar surface area (TPSA) is 43.4 Å². The summed E-state index contributed by atoms with van der Waals surface area (Å²) in [6.07, 6.45) is 2.50. The number of hydrogen-bond donors (Lipinski definition) is 1. The zero-order valence-corrected chi connectivity index (χ0v) is 15.6. The van der Waals surface area contributed by atoms with Crippen molar-refractivity contribution in [3.8, 4) is 11.4 Å². The summed E-state index contributed by atoms with van der Waals surface area (Å²) in [5, 5.41) is 6.36. The molecule has 0 radical (unpaired) electrons. The number of likely N-dealkylation sites (tertiary alicyclic amines) is 1.